The van der Waals surface area contributed by atoms with Crippen LogP contribution >= 0.6 is 0 Å². The van der Waals surface area contributed by atoms with E-state index in [1.54, 1.807) is 48.7 Å². The Kier molecular flexibility index (Phi) is 6.28. The van der Waals surface area contributed by atoms with Crippen LogP contribution in [0.15, 0.2) is 59.1 Å². The number of rotatable bonds is 7. The maximum atomic E-state index is 11.4. The predicted molar refractivity (Wildman–Crippen MR) is 105 cm³/mol. The quantitative estimate of drug-likeness (QED) is 0.442. The maximum absolute atomic E-state index is 11.4. The van der Waals surface area contributed by atoms with Crippen molar-refractivity contribution in [1.82, 2.24) is 4.98 Å². The standard InChI is InChI=1S/C22H18N2O5/c1-26-21-12-15(11-16(13-23)18-5-3-4-10-24-18)6-8-19(21)28-14-17-7-9-20(29-17)22(25)27-2/h3-12H,14H2,1-2H3/b16-11+. The fourth-order valence-electron chi connectivity index (χ4n) is 2.56. The lowest BCUT2D eigenvalue weighted by Crippen LogP contribution is -1.99. The average Bonchev–Trinajstić information content (AvgIpc) is 3.25. The van der Waals surface area contributed by atoms with E-state index in [1.165, 1.54) is 20.3 Å². The monoisotopic (exact) mass is 390 g/mol. The number of hydrogen-bond donors (Lipinski definition) is 0. The Morgan fingerprint density at radius 2 is 2.03 bits per heavy atom. The average molecular weight is 390 g/mol. The Balaban J connectivity index is 1.77. The van der Waals surface area contributed by atoms with Crippen molar-refractivity contribution in [2.75, 3.05) is 14.2 Å². The third-order valence-corrected chi connectivity index (χ3v) is 3.98. The second-order valence-corrected chi connectivity index (χ2v) is 5.84. The van der Waals surface area contributed by atoms with Gasteiger partial charge < -0.3 is 18.6 Å². The number of ether oxygens (including phenoxy) is 3. The Bertz CT molecular complexity index is 1060. The molecule has 0 fully saturated rings. The molecule has 0 aliphatic carbocycles. The highest BCUT2D eigenvalue weighted by molar-refractivity contribution is 5.88. The van der Waals surface area contributed by atoms with Crippen LogP contribution in [0.2, 0.25) is 0 Å². The van der Waals surface area contributed by atoms with Crippen LogP contribution in [0.4, 0.5) is 0 Å². The predicted octanol–water partition coefficient (Wildman–Crippen LogP) is 4.11. The highest BCUT2D eigenvalue weighted by Gasteiger charge is 2.13. The Morgan fingerprint density at radius 3 is 2.72 bits per heavy atom. The van der Waals surface area contributed by atoms with Gasteiger partial charge in [-0.2, -0.15) is 5.26 Å². The molecule has 2 aromatic heterocycles. The molecule has 3 aromatic rings. The number of benzene rings is 1. The van der Waals surface area contributed by atoms with Gasteiger partial charge >= 0.3 is 5.97 Å². The highest BCUT2D eigenvalue weighted by Crippen LogP contribution is 2.30. The Morgan fingerprint density at radius 1 is 1.17 bits per heavy atom. The van der Waals surface area contributed by atoms with Gasteiger partial charge in [-0.3, -0.25) is 4.98 Å². The first-order valence-corrected chi connectivity index (χ1v) is 8.65. The van der Waals surface area contributed by atoms with Crippen molar-refractivity contribution < 1.29 is 23.4 Å². The zero-order chi connectivity index (χ0) is 20.6. The number of carbonyl (C=O) groups excluding carboxylic acids is 1. The zero-order valence-corrected chi connectivity index (χ0v) is 15.9. The third-order valence-electron chi connectivity index (χ3n) is 3.98. The van der Waals surface area contributed by atoms with Gasteiger partial charge in [0, 0.05) is 6.20 Å². The van der Waals surface area contributed by atoms with E-state index >= 15 is 0 Å². The van der Waals surface area contributed by atoms with Gasteiger partial charge in [-0.1, -0.05) is 12.1 Å². The van der Waals surface area contributed by atoms with Crippen LogP contribution in [0.25, 0.3) is 11.6 Å². The molecule has 0 radical (unpaired) electrons. The lowest BCUT2D eigenvalue weighted by molar-refractivity contribution is 0.0561. The summed E-state index contributed by atoms with van der Waals surface area (Å²) >= 11 is 0. The molecule has 0 aliphatic heterocycles. The number of furan rings is 1. The van der Waals surface area contributed by atoms with Crippen LogP contribution < -0.4 is 9.47 Å². The minimum Gasteiger partial charge on any atom is -0.493 e. The van der Waals surface area contributed by atoms with E-state index in [0.29, 0.717) is 28.5 Å². The first kappa shape index (κ1) is 19.7. The van der Waals surface area contributed by atoms with Gasteiger partial charge in [0.25, 0.3) is 0 Å². The number of allylic oxidation sites excluding steroid dienone is 1. The number of pyridine rings is 1. The number of nitrogens with zero attached hydrogens (tertiary/aromatic N) is 2. The molecule has 146 valence electrons. The summed E-state index contributed by atoms with van der Waals surface area (Å²) in [6, 6.07) is 16.0. The largest absolute Gasteiger partial charge is 0.493 e. The number of aromatic nitrogens is 1. The normalized spacial score (nSPS) is 10.9. The number of nitriles is 1. The molecule has 2 heterocycles. The smallest absolute Gasteiger partial charge is 0.373 e. The molecule has 7 nitrogen and oxygen atoms in total. The van der Waals surface area contributed by atoms with E-state index in [2.05, 4.69) is 15.8 Å². The van der Waals surface area contributed by atoms with Crippen molar-refractivity contribution in [2.45, 2.75) is 6.61 Å². The topological polar surface area (TPSA) is 94.6 Å². The van der Waals surface area contributed by atoms with E-state index in [4.69, 9.17) is 13.9 Å². The molecule has 0 N–H and O–H groups in total. The molecule has 1 aromatic carbocycles. The van der Waals surface area contributed by atoms with Crippen molar-refractivity contribution in [2.24, 2.45) is 0 Å². The molecule has 0 spiro atoms. The summed E-state index contributed by atoms with van der Waals surface area (Å²) in [5.41, 5.74) is 1.79. The number of esters is 1. The molecule has 0 amide bonds. The van der Waals surface area contributed by atoms with Gasteiger partial charge in [0.15, 0.2) is 11.5 Å². The molecule has 29 heavy (non-hydrogen) atoms. The van der Waals surface area contributed by atoms with Crippen LogP contribution in [0.5, 0.6) is 11.5 Å². The molecular weight excluding hydrogens is 372 g/mol. The fourth-order valence-corrected chi connectivity index (χ4v) is 2.56. The van der Waals surface area contributed by atoms with Crippen LogP contribution in [-0.4, -0.2) is 25.2 Å². The second-order valence-electron chi connectivity index (χ2n) is 5.84. The summed E-state index contributed by atoms with van der Waals surface area (Å²) in [6.07, 6.45) is 3.36. The van der Waals surface area contributed by atoms with Gasteiger partial charge in [0.1, 0.15) is 18.4 Å². The van der Waals surface area contributed by atoms with Crippen LogP contribution in [0, 0.1) is 11.3 Å². The lowest BCUT2D eigenvalue weighted by Gasteiger charge is -2.10. The minimum atomic E-state index is -0.550. The van der Waals surface area contributed by atoms with Gasteiger partial charge in [0.2, 0.25) is 5.76 Å². The molecule has 0 saturated carbocycles. The maximum Gasteiger partial charge on any atom is 0.373 e. The lowest BCUT2D eigenvalue weighted by atomic mass is 10.1. The molecule has 0 bridgehead atoms. The second kappa shape index (κ2) is 9.24. The summed E-state index contributed by atoms with van der Waals surface area (Å²) < 4.78 is 21.1. The van der Waals surface area contributed by atoms with Crippen molar-refractivity contribution >= 4 is 17.6 Å². The Hall–Kier alpha value is -4.05. The molecule has 0 atom stereocenters. The van der Waals surface area contributed by atoms with Crippen molar-refractivity contribution in [3.05, 3.63) is 77.5 Å². The third kappa shape index (κ3) is 4.82. The van der Waals surface area contributed by atoms with E-state index in [-0.39, 0.29) is 12.4 Å². The summed E-state index contributed by atoms with van der Waals surface area (Å²) in [5, 5.41) is 9.43. The number of hydrogen-bond acceptors (Lipinski definition) is 7. The van der Waals surface area contributed by atoms with E-state index in [0.717, 1.165) is 5.56 Å². The van der Waals surface area contributed by atoms with Gasteiger partial charge in [-0.15, -0.1) is 0 Å². The molecule has 3 rings (SSSR count). The molecule has 0 aliphatic rings. The van der Waals surface area contributed by atoms with E-state index < -0.39 is 5.97 Å². The van der Waals surface area contributed by atoms with Gasteiger partial charge in [-0.05, 0) is 48.0 Å². The van der Waals surface area contributed by atoms with Crippen LogP contribution in [-0.2, 0) is 11.3 Å². The number of methoxy groups -OCH3 is 2. The van der Waals surface area contributed by atoms with Gasteiger partial charge in [-0.25, -0.2) is 4.79 Å². The Labute approximate surface area is 167 Å². The van der Waals surface area contributed by atoms with E-state index in [1.807, 2.05) is 6.07 Å². The minimum absolute atomic E-state index is 0.108. The summed E-state index contributed by atoms with van der Waals surface area (Å²) in [7, 11) is 2.81. The summed E-state index contributed by atoms with van der Waals surface area (Å²) in [4.78, 5) is 15.6. The molecule has 7 heteroatoms. The van der Waals surface area contributed by atoms with Crippen molar-refractivity contribution in [3.8, 4) is 17.6 Å². The SMILES string of the molecule is COC(=O)c1ccc(COc2ccc(/C=C(\C#N)c3ccccn3)cc2OC)o1. The van der Waals surface area contributed by atoms with Crippen molar-refractivity contribution in [1.29, 1.82) is 5.26 Å². The van der Waals surface area contributed by atoms with Crippen molar-refractivity contribution in [3.63, 3.8) is 0 Å². The summed E-state index contributed by atoms with van der Waals surface area (Å²) in [6.45, 7) is 0.111. The fraction of sp³-hybridized carbons (Fsp3) is 0.136. The zero-order valence-electron chi connectivity index (χ0n) is 15.9. The highest BCUT2D eigenvalue weighted by atomic mass is 16.5. The van der Waals surface area contributed by atoms with Gasteiger partial charge in [0.05, 0.1) is 25.5 Å². The van der Waals surface area contributed by atoms with E-state index in [9.17, 15) is 10.1 Å². The van der Waals surface area contributed by atoms with Crippen LogP contribution in [0.3, 0.4) is 0 Å². The summed E-state index contributed by atoms with van der Waals surface area (Å²) in [5.74, 6) is 1.02. The molecule has 0 unspecified atom stereocenters. The molecular formula is C22H18N2O5. The molecule has 0 saturated heterocycles. The first-order chi connectivity index (χ1) is 14.1. The number of carbonyl (C=O) groups is 1. The first-order valence-electron chi connectivity index (χ1n) is 8.65. The van der Waals surface area contributed by atoms with Crippen LogP contribution in [0.1, 0.15) is 27.6 Å².